The Morgan fingerprint density at radius 2 is 1.65 bits per heavy atom. The van der Waals surface area contributed by atoms with E-state index in [-0.39, 0.29) is 31.5 Å². The lowest BCUT2D eigenvalue weighted by atomic mass is 10.1. The van der Waals surface area contributed by atoms with Gasteiger partial charge in [0.15, 0.2) is 0 Å². The summed E-state index contributed by atoms with van der Waals surface area (Å²) >= 11 is 0. The van der Waals surface area contributed by atoms with E-state index < -0.39 is 36.6 Å². The molecule has 2 aromatic rings. The fraction of sp³-hybridized carbons (Fsp3) is 0.464. The van der Waals surface area contributed by atoms with Gasteiger partial charge in [0, 0.05) is 19.0 Å². The molecule has 3 atom stereocenters. The normalized spacial score (nSPS) is 20.6. The van der Waals surface area contributed by atoms with Gasteiger partial charge in [-0.25, -0.2) is 9.59 Å². The van der Waals surface area contributed by atoms with Gasteiger partial charge >= 0.3 is 18.0 Å². The van der Waals surface area contributed by atoms with Crippen molar-refractivity contribution >= 4 is 25.3 Å². The Balaban J connectivity index is 1.61. The molecule has 1 saturated heterocycles. The van der Waals surface area contributed by atoms with E-state index in [9.17, 15) is 18.9 Å². The summed E-state index contributed by atoms with van der Waals surface area (Å²) in [6.07, 6.45) is 2.79. The van der Waals surface area contributed by atoms with Crippen molar-refractivity contribution < 1.29 is 37.4 Å². The molecule has 0 N–H and O–H groups in total. The largest absolute Gasteiger partial charge is 0.526 e. The lowest BCUT2D eigenvalue weighted by Crippen LogP contribution is -2.60. The van der Waals surface area contributed by atoms with Crippen molar-refractivity contribution in [3.63, 3.8) is 0 Å². The zero-order valence-corrected chi connectivity index (χ0v) is 22.6. The number of unbranched alkanes of at least 4 members (excludes halogenated alkanes) is 1. The molecule has 1 aliphatic rings. The van der Waals surface area contributed by atoms with Gasteiger partial charge in [-0.2, -0.15) is 9.28 Å². The molecule has 37 heavy (non-hydrogen) atoms. The summed E-state index contributed by atoms with van der Waals surface area (Å²) in [6.45, 7) is 3.44. The summed E-state index contributed by atoms with van der Waals surface area (Å²) in [5.41, 5.74) is 1.54. The van der Waals surface area contributed by atoms with E-state index in [0.29, 0.717) is 24.8 Å². The van der Waals surface area contributed by atoms with Gasteiger partial charge < -0.3 is 14.0 Å². The van der Waals surface area contributed by atoms with Gasteiger partial charge in [-0.1, -0.05) is 48.5 Å². The third kappa shape index (κ3) is 7.60. The molecule has 2 amide bonds. The first kappa shape index (κ1) is 28.8. The minimum Gasteiger partial charge on any atom is -0.424 e. The molecule has 3 rings (SSSR count). The smallest absolute Gasteiger partial charge is 0.424 e. The summed E-state index contributed by atoms with van der Waals surface area (Å²) in [6, 6.07) is 18.1. The van der Waals surface area contributed by atoms with Gasteiger partial charge in [0.05, 0.1) is 18.7 Å². The van der Waals surface area contributed by atoms with Gasteiger partial charge in [-0.15, -0.1) is 0 Å². The molecule has 9 heteroatoms. The van der Waals surface area contributed by atoms with Crippen LogP contribution in [-0.2, 0) is 29.8 Å². The minimum atomic E-state index is -3.30. The molecule has 200 valence electrons. The van der Waals surface area contributed by atoms with E-state index in [1.54, 1.807) is 37.3 Å². The van der Waals surface area contributed by atoms with Crippen LogP contribution < -0.4 is 0 Å². The van der Waals surface area contributed by atoms with E-state index in [2.05, 4.69) is 12.1 Å². The van der Waals surface area contributed by atoms with E-state index >= 15 is 0 Å². The average molecular weight is 531 g/mol. The van der Waals surface area contributed by atoms with Crippen LogP contribution >= 0.6 is 7.37 Å². The monoisotopic (exact) mass is 530 g/mol. The van der Waals surface area contributed by atoms with Crippen LogP contribution in [0.4, 0.5) is 4.79 Å². The maximum atomic E-state index is 13.6. The van der Waals surface area contributed by atoms with Crippen LogP contribution in [0.1, 0.15) is 55.5 Å². The van der Waals surface area contributed by atoms with E-state index in [0.717, 1.165) is 12.8 Å². The standard InChI is InChI=1S/C28H37NO7P/c1-3-36-37(33,20-11-10-16-24-14-6-4-7-15-24)21-26(30)29(19-12-13-23(29)2)28(32)35-22-34-27(31)25-17-8-5-9-18-25/h4-9,14-15,17-18,23H,3,10-13,16,19-22H2,1-2H3/q+1/t23-,29?,37?/m1/s1. The summed E-state index contributed by atoms with van der Waals surface area (Å²) in [5, 5.41) is 0. The fourth-order valence-corrected chi connectivity index (χ4v) is 7.03. The van der Waals surface area contributed by atoms with Crippen molar-refractivity contribution in [3.8, 4) is 0 Å². The predicted octanol–water partition coefficient (Wildman–Crippen LogP) is 5.80. The number of benzene rings is 2. The van der Waals surface area contributed by atoms with Gasteiger partial charge in [-0.3, -0.25) is 4.57 Å². The lowest BCUT2D eigenvalue weighted by molar-refractivity contribution is -0.792. The number of carbonyl (C=O) groups is 3. The van der Waals surface area contributed by atoms with Crippen LogP contribution in [0.3, 0.4) is 0 Å². The number of aryl methyl sites for hydroxylation is 1. The molecule has 1 heterocycles. The quantitative estimate of drug-likeness (QED) is 0.112. The van der Waals surface area contributed by atoms with Crippen LogP contribution in [0.2, 0.25) is 0 Å². The zero-order valence-electron chi connectivity index (χ0n) is 21.7. The Morgan fingerprint density at radius 1 is 0.973 bits per heavy atom. The van der Waals surface area contributed by atoms with Crippen molar-refractivity contribution in [2.24, 2.45) is 0 Å². The van der Waals surface area contributed by atoms with Gasteiger partial charge in [0.1, 0.15) is 12.2 Å². The number of hydrogen-bond acceptors (Lipinski definition) is 7. The summed E-state index contributed by atoms with van der Waals surface area (Å²) in [4.78, 5) is 39.0. The van der Waals surface area contributed by atoms with E-state index in [4.69, 9.17) is 14.0 Å². The Kier molecular flexibility index (Phi) is 10.6. The van der Waals surface area contributed by atoms with Crippen molar-refractivity contribution in [2.45, 2.75) is 52.0 Å². The highest BCUT2D eigenvalue weighted by Crippen LogP contribution is 2.49. The van der Waals surface area contributed by atoms with Crippen LogP contribution in [0.25, 0.3) is 0 Å². The fourth-order valence-electron chi connectivity index (χ4n) is 4.81. The van der Waals surface area contributed by atoms with Gasteiger partial charge in [-0.05, 0) is 50.8 Å². The van der Waals surface area contributed by atoms with Crippen LogP contribution in [0.15, 0.2) is 60.7 Å². The Labute approximate surface area is 218 Å². The first-order valence-electron chi connectivity index (χ1n) is 12.9. The lowest BCUT2D eigenvalue weighted by Gasteiger charge is -2.32. The van der Waals surface area contributed by atoms with Gasteiger partial charge in [0.2, 0.25) is 14.2 Å². The second kappa shape index (κ2) is 13.7. The number of ether oxygens (including phenoxy) is 2. The summed E-state index contributed by atoms with van der Waals surface area (Å²) < 4.78 is 29.1. The van der Waals surface area contributed by atoms with E-state index in [1.807, 2.05) is 25.1 Å². The molecule has 0 saturated carbocycles. The molecule has 0 aromatic heterocycles. The molecule has 0 spiro atoms. The number of quaternary nitrogens is 1. The summed E-state index contributed by atoms with van der Waals surface area (Å²) in [5.74, 6) is -1.10. The molecule has 0 bridgehead atoms. The summed E-state index contributed by atoms with van der Waals surface area (Å²) in [7, 11) is -3.30. The Morgan fingerprint density at radius 3 is 2.27 bits per heavy atom. The Bertz CT molecular complexity index is 1090. The highest BCUT2D eigenvalue weighted by atomic mass is 31.2. The van der Waals surface area contributed by atoms with Crippen LogP contribution in [0, 0.1) is 0 Å². The molecular weight excluding hydrogens is 493 g/mol. The molecule has 0 aliphatic carbocycles. The first-order valence-corrected chi connectivity index (χ1v) is 14.9. The van der Waals surface area contributed by atoms with Crippen molar-refractivity contribution in [1.29, 1.82) is 0 Å². The number of carbonyl (C=O) groups excluding carboxylic acids is 3. The topological polar surface area (TPSA) is 96.0 Å². The molecule has 0 radical (unpaired) electrons. The predicted molar refractivity (Wildman–Crippen MR) is 140 cm³/mol. The second-order valence-electron chi connectivity index (χ2n) is 9.36. The van der Waals surface area contributed by atoms with Gasteiger partial charge in [0.25, 0.3) is 0 Å². The maximum Gasteiger partial charge on any atom is 0.526 e. The van der Waals surface area contributed by atoms with Crippen LogP contribution in [-0.4, -0.2) is 60.8 Å². The number of amides is 2. The molecule has 1 aliphatic heterocycles. The van der Waals surface area contributed by atoms with Crippen molar-refractivity contribution in [1.82, 2.24) is 0 Å². The number of nitrogens with zero attached hydrogens (tertiary/aromatic N) is 1. The van der Waals surface area contributed by atoms with Crippen molar-refractivity contribution in [2.75, 3.05) is 32.3 Å². The first-order chi connectivity index (χ1) is 17.8. The number of imide groups is 1. The highest BCUT2D eigenvalue weighted by molar-refractivity contribution is 7.59. The highest BCUT2D eigenvalue weighted by Gasteiger charge is 2.55. The number of likely N-dealkylation sites (tertiary alicyclic amines) is 1. The maximum absolute atomic E-state index is 13.6. The number of esters is 1. The third-order valence-electron chi connectivity index (χ3n) is 6.84. The molecule has 8 nitrogen and oxygen atoms in total. The average Bonchev–Trinajstić information content (AvgIpc) is 3.30. The zero-order chi connectivity index (χ0) is 26.7. The molecule has 2 unspecified atom stereocenters. The molecule has 2 aromatic carbocycles. The minimum absolute atomic E-state index is 0.221. The van der Waals surface area contributed by atoms with Crippen LogP contribution in [0.5, 0.6) is 0 Å². The van der Waals surface area contributed by atoms with E-state index in [1.165, 1.54) is 5.56 Å². The molecule has 1 fully saturated rings. The SMILES string of the molecule is CCOP(=O)(CCCCc1ccccc1)CC(=O)[N+]1(C(=O)OCOC(=O)c2ccccc2)CCC[C@H]1C. The third-order valence-corrected chi connectivity index (χ3v) is 9.31. The molecular formula is C28H37NO7P+. The van der Waals surface area contributed by atoms with Crippen molar-refractivity contribution in [3.05, 3.63) is 71.8 Å². The number of hydrogen-bond donors (Lipinski definition) is 0. The number of rotatable bonds is 12. The Hall–Kier alpha value is -2.80. The second-order valence-corrected chi connectivity index (χ2v) is 12.0.